The Kier molecular flexibility index (Phi) is 1.65. The van der Waals surface area contributed by atoms with E-state index in [1.54, 1.807) is 0 Å². The molecule has 0 amide bonds. The van der Waals surface area contributed by atoms with E-state index < -0.39 is 0 Å². The molecule has 0 radical (unpaired) electrons. The molecule has 0 aliphatic carbocycles. The molecule has 15 heavy (non-hydrogen) atoms. The number of hydrogen-bond acceptors (Lipinski definition) is 5. The second-order valence-electron chi connectivity index (χ2n) is 3.51. The van der Waals surface area contributed by atoms with Gasteiger partial charge in [-0.2, -0.15) is 4.98 Å². The predicted molar refractivity (Wildman–Crippen MR) is 55.5 cm³/mol. The van der Waals surface area contributed by atoms with E-state index >= 15 is 0 Å². The Hall–Kier alpha value is -2.04. The highest BCUT2D eigenvalue weighted by Crippen LogP contribution is 2.34. The van der Waals surface area contributed by atoms with Gasteiger partial charge in [0.1, 0.15) is 0 Å². The van der Waals surface area contributed by atoms with E-state index in [0.717, 1.165) is 12.2 Å². The molecule has 1 aromatic heterocycles. The summed E-state index contributed by atoms with van der Waals surface area (Å²) in [5.74, 6) is 0.880. The van der Waals surface area contributed by atoms with E-state index in [9.17, 15) is 0 Å². The van der Waals surface area contributed by atoms with Crippen molar-refractivity contribution in [1.82, 2.24) is 10.1 Å². The third-order valence-electron chi connectivity index (χ3n) is 2.59. The van der Waals surface area contributed by atoms with Gasteiger partial charge >= 0.3 is 0 Å². The van der Waals surface area contributed by atoms with Gasteiger partial charge in [0.2, 0.25) is 5.89 Å². The van der Waals surface area contributed by atoms with Crippen LogP contribution in [0.4, 0.5) is 11.6 Å². The average molecular weight is 202 g/mol. The molecule has 0 saturated carbocycles. The average Bonchev–Trinajstić information content (AvgIpc) is 2.83. The molecule has 3 N–H and O–H groups in total. The Labute approximate surface area is 86.3 Å². The van der Waals surface area contributed by atoms with Gasteiger partial charge in [0.25, 0.3) is 5.95 Å². The van der Waals surface area contributed by atoms with Gasteiger partial charge in [0.05, 0.1) is 5.92 Å². The number of fused-ring (bicyclic) bond motifs is 1. The first-order valence-electron chi connectivity index (χ1n) is 4.76. The number of nitrogens with zero attached hydrogens (tertiary/aromatic N) is 2. The van der Waals surface area contributed by atoms with E-state index in [2.05, 4.69) is 21.5 Å². The summed E-state index contributed by atoms with van der Waals surface area (Å²) >= 11 is 0. The van der Waals surface area contributed by atoms with E-state index in [0.29, 0.717) is 5.89 Å². The van der Waals surface area contributed by atoms with Gasteiger partial charge in [-0.15, -0.1) is 0 Å². The summed E-state index contributed by atoms with van der Waals surface area (Å²) in [5.41, 5.74) is 7.74. The largest absolute Gasteiger partial charge is 0.384 e. The predicted octanol–water partition coefficient (Wildman–Crippen LogP) is 1.21. The maximum Gasteiger partial charge on any atom is 0.260 e. The molecule has 0 saturated heterocycles. The van der Waals surface area contributed by atoms with Crippen LogP contribution in [0.15, 0.2) is 28.8 Å². The molecule has 1 aliphatic rings. The molecular weight excluding hydrogens is 192 g/mol. The number of anilines is 2. The lowest BCUT2D eigenvalue weighted by Gasteiger charge is -2.02. The maximum absolute atomic E-state index is 5.43. The fraction of sp³-hybridized carbons (Fsp3) is 0.200. The number of hydrogen-bond donors (Lipinski definition) is 2. The highest BCUT2D eigenvalue weighted by atomic mass is 16.5. The van der Waals surface area contributed by atoms with Crippen LogP contribution in [0.25, 0.3) is 0 Å². The van der Waals surface area contributed by atoms with Gasteiger partial charge in [-0.25, -0.2) is 0 Å². The summed E-state index contributed by atoms with van der Waals surface area (Å²) in [7, 11) is 0. The normalized spacial score (nSPS) is 18.5. The molecule has 5 heteroatoms. The Morgan fingerprint density at radius 3 is 3.07 bits per heavy atom. The molecule has 2 aromatic rings. The van der Waals surface area contributed by atoms with Gasteiger partial charge in [0.15, 0.2) is 0 Å². The van der Waals surface area contributed by atoms with Crippen LogP contribution < -0.4 is 11.1 Å². The molecule has 1 aromatic carbocycles. The SMILES string of the molecule is Nc1noc(C2CNc3ccccc32)n1. The molecule has 2 heterocycles. The van der Waals surface area contributed by atoms with Crippen molar-refractivity contribution < 1.29 is 4.52 Å². The summed E-state index contributed by atoms with van der Waals surface area (Å²) in [4.78, 5) is 4.05. The van der Waals surface area contributed by atoms with E-state index in [1.165, 1.54) is 5.56 Å². The zero-order valence-corrected chi connectivity index (χ0v) is 7.97. The lowest BCUT2D eigenvalue weighted by molar-refractivity contribution is 0.371. The number of nitrogen functional groups attached to an aromatic ring is 1. The highest BCUT2D eigenvalue weighted by molar-refractivity contribution is 5.59. The lowest BCUT2D eigenvalue weighted by atomic mass is 10.0. The summed E-state index contributed by atoms with van der Waals surface area (Å²) in [6.07, 6.45) is 0. The first kappa shape index (κ1) is 8.28. The first-order chi connectivity index (χ1) is 7.34. The molecule has 1 aliphatic heterocycles. The molecule has 0 fully saturated rings. The molecule has 5 nitrogen and oxygen atoms in total. The minimum absolute atomic E-state index is 0.117. The smallest absolute Gasteiger partial charge is 0.260 e. The Morgan fingerprint density at radius 1 is 1.40 bits per heavy atom. The summed E-state index contributed by atoms with van der Waals surface area (Å²) in [5, 5.41) is 6.89. The van der Waals surface area contributed by atoms with Crippen molar-refractivity contribution >= 4 is 11.6 Å². The Morgan fingerprint density at radius 2 is 2.27 bits per heavy atom. The van der Waals surface area contributed by atoms with Crippen molar-refractivity contribution in [2.45, 2.75) is 5.92 Å². The maximum atomic E-state index is 5.43. The fourth-order valence-corrected chi connectivity index (χ4v) is 1.89. The Bertz CT molecular complexity index is 494. The highest BCUT2D eigenvalue weighted by Gasteiger charge is 2.27. The van der Waals surface area contributed by atoms with Gasteiger partial charge in [-0.3, -0.25) is 0 Å². The minimum Gasteiger partial charge on any atom is -0.384 e. The van der Waals surface area contributed by atoms with Crippen molar-refractivity contribution in [2.75, 3.05) is 17.6 Å². The third-order valence-corrected chi connectivity index (χ3v) is 2.59. The van der Waals surface area contributed by atoms with Crippen LogP contribution in [0.5, 0.6) is 0 Å². The van der Waals surface area contributed by atoms with Crippen molar-refractivity contribution in [3.63, 3.8) is 0 Å². The van der Waals surface area contributed by atoms with Crippen LogP contribution in [0.2, 0.25) is 0 Å². The second-order valence-corrected chi connectivity index (χ2v) is 3.51. The third kappa shape index (κ3) is 1.24. The summed E-state index contributed by atoms with van der Waals surface area (Å²) < 4.78 is 5.08. The van der Waals surface area contributed by atoms with E-state index in [-0.39, 0.29) is 11.9 Å². The molecular formula is C10H10N4O. The van der Waals surface area contributed by atoms with Crippen molar-refractivity contribution in [3.05, 3.63) is 35.7 Å². The zero-order valence-electron chi connectivity index (χ0n) is 7.97. The first-order valence-corrected chi connectivity index (χ1v) is 4.76. The number of aromatic nitrogens is 2. The van der Waals surface area contributed by atoms with Crippen LogP contribution in [-0.4, -0.2) is 16.7 Å². The van der Waals surface area contributed by atoms with Crippen molar-refractivity contribution in [1.29, 1.82) is 0 Å². The van der Waals surface area contributed by atoms with E-state index in [4.69, 9.17) is 10.3 Å². The number of nitrogens with one attached hydrogen (secondary N) is 1. The fourth-order valence-electron chi connectivity index (χ4n) is 1.89. The lowest BCUT2D eigenvalue weighted by Crippen LogP contribution is -2.04. The van der Waals surface area contributed by atoms with Crippen LogP contribution in [0.1, 0.15) is 17.4 Å². The van der Waals surface area contributed by atoms with Crippen LogP contribution in [0.3, 0.4) is 0 Å². The summed E-state index contributed by atoms with van der Waals surface area (Å²) in [6, 6.07) is 8.09. The van der Waals surface area contributed by atoms with Crippen LogP contribution >= 0.6 is 0 Å². The quantitative estimate of drug-likeness (QED) is 0.726. The van der Waals surface area contributed by atoms with Crippen molar-refractivity contribution in [2.24, 2.45) is 0 Å². The topological polar surface area (TPSA) is 77.0 Å². The van der Waals surface area contributed by atoms with Gasteiger partial charge in [-0.05, 0) is 16.8 Å². The molecule has 1 atom stereocenters. The molecule has 1 unspecified atom stereocenters. The van der Waals surface area contributed by atoms with Crippen LogP contribution in [0, 0.1) is 0 Å². The van der Waals surface area contributed by atoms with Gasteiger partial charge in [0, 0.05) is 12.2 Å². The number of benzene rings is 1. The van der Waals surface area contributed by atoms with E-state index in [1.807, 2.05) is 18.2 Å². The number of nitrogens with two attached hydrogens (primary N) is 1. The number of rotatable bonds is 1. The van der Waals surface area contributed by atoms with Crippen molar-refractivity contribution in [3.8, 4) is 0 Å². The second kappa shape index (κ2) is 2.98. The zero-order chi connectivity index (χ0) is 10.3. The van der Waals surface area contributed by atoms with Crippen LogP contribution in [-0.2, 0) is 0 Å². The molecule has 0 spiro atoms. The molecule has 0 bridgehead atoms. The monoisotopic (exact) mass is 202 g/mol. The minimum atomic E-state index is 0.117. The number of para-hydroxylation sites is 1. The summed E-state index contributed by atoms with van der Waals surface area (Å²) in [6.45, 7) is 0.779. The van der Waals surface area contributed by atoms with Gasteiger partial charge in [-0.1, -0.05) is 18.2 Å². The van der Waals surface area contributed by atoms with Gasteiger partial charge < -0.3 is 15.6 Å². The Balaban J connectivity index is 2.04. The standard InChI is InChI=1S/C10H10N4O/c11-10-13-9(15-14-10)7-5-12-8-4-2-1-3-6(7)8/h1-4,7,12H,5H2,(H2,11,14). The molecule has 76 valence electrons. The molecule has 3 rings (SSSR count).